The normalized spacial score (nSPS) is 9.94. The third-order valence-electron chi connectivity index (χ3n) is 2.35. The van der Waals surface area contributed by atoms with Crippen molar-refractivity contribution < 1.29 is 9.90 Å². The van der Waals surface area contributed by atoms with Crippen molar-refractivity contribution in [2.75, 3.05) is 5.32 Å². The predicted molar refractivity (Wildman–Crippen MR) is 65.0 cm³/mol. The third kappa shape index (κ3) is 2.60. The van der Waals surface area contributed by atoms with E-state index in [1.54, 1.807) is 24.4 Å². The molecule has 0 radical (unpaired) electrons. The number of aryl methyl sites for hydroxylation is 1. The van der Waals surface area contributed by atoms with Gasteiger partial charge in [-0.3, -0.25) is 4.79 Å². The van der Waals surface area contributed by atoms with Gasteiger partial charge >= 0.3 is 0 Å². The number of rotatable bonds is 2. The number of pyridine rings is 1. The summed E-state index contributed by atoms with van der Waals surface area (Å²) >= 11 is 0. The average Bonchev–Trinajstić information content (AvgIpc) is 2.32. The number of aromatic hydroxyl groups is 1. The van der Waals surface area contributed by atoms with Gasteiger partial charge in [0.1, 0.15) is 11.6 Å². The molecule has 1 heterocycles. The molecule has 0 spiro atoms. The minimum Gasteiger partial charge on any atom is -0.508 e. The number of phenols is 1. The summed E-state index contributed by atoms with van der Waals surface area (Å²) in [4.78, 5) is 15.9. The van der Waals surface area contributed by atoms with E-state index in [9.17, 15) is 9.90 Å². The van der Waals surface area contributed by atoms with Crippen molar-refractivity contribution in [1.82, 2.24) is 4.98 Å². The molecule has 2 N–H and O–H groups in total. The molecule has 0 bridgehead atoms. The Balaban J connectivity index is 2.20. The Morgan fingerprint density at radius 2 is 2.12 bits per heavy atom. The molecule has 1 aromatic heterocycles. The van der Waals surface area contributed by atoms with Crippen LogP contribution in [0.4, 0.5) is 5.82 Å². The lowest BCUT2D eigenvalue weighted by molar-refractivity contribution is 0.102. The quantitative estimate of drug-likeness (QED) is 0.829. The topological polar surface area (TPSA) is 62.2 Å². The van der Waals surface area contributed by atoms with Gasteiger partial charge in [-0.05, 0) is 36.8 Å². The molecule has 2 aromatic rings. The highest BCUT2D eigenvalue weighted by Crippen LogP contribution is 2.14. The standard InChI is InChI=1S/C13H12N2O2/c1-9-4-3-7-14-12(9)15-13(17)10-5-2-6-11(16)8-10/h2-8,16H,1H3,(H,14,15,17). The Kier molecular flexibility index (Phi) is 3.05. The number of carbonyl (C=O) groups excluding carboxylic acids is 1. The number of anilines is 1. The van der Waals surface area contributed by atoms with Crippen molar-refractivity contribution in [1.29, 1.82) is 0 Å². The van der Waals surface area contributed by atoms with E-state index in [0.717, 1.165) is 5.56 Å². The van der Waals surface area contributed by atoms with Gasteiger partial charge in [-0.25, -0.2) is 4.98 Å². The van der Waals surface area contributed by atoms with Crippen molar-refractivity contribution >= 4 is 11.7 Å². The summed E-state index contributed by atoms with van der Waals surface area (Å²) < 4.78 is 0. The van der Waals surface area contributed by atoms with Crippen LogP contribution in [0.1, 0.15) is 15.9 Å². The highest BCUT2D eigenvalue weighted by molar-refractivity contribution is 6.04. The van der Waals surface area contributed by atoms with Crippen LogP contribution in [0, 0.1) is 6.92 Å². The van der Waals surface area contributed by atoms with Crippen molar-refractivity contribution in [2.24, 2.45) is 0 Å². The first-order valence-electron chi connectivity index (χ1n) is 5.19. The number of phenolic OH excluding ortho intramolecular Hbond substituents is 1. The van der Waals surface area contributed by atoms with Gasteiger partial charge in [0.15, 0.2) is 0 Å². The monoisotopic (exact) mass is 228 g/mol. The Morgan fingerprint density at radius 3 is 2.82 bits per heavy atom. The molecular formula is C13H12N2O2. The van der Waals surface area contributed by atoms with Gasteiger partial charge in [-0.15, -0.1) is 0 Å². The molecule has 0 aliphatic rings. The lowest BCUT2D eigenvalue weighted by Crippen LogP contribution is -2.13. The van der Waals surface area contributed by atoms with E-state index in [0.29, 0.717) is 11.4 Å². The van der Waals surface area contributed by atoms with Gasteiger partial charge in [0.05, 0.1) is 0 Å². The number of hydrogen-bond donors (Lipinski definition) is 2. The first kappa shape index (κ1) is 11.1. The highest BCUT2D eigenvalue weighted by atomic mass is 16.3. The van der Waals surface area contributed by atoms with Gasteiger partial charge < -0.3 is 10.4 Å². The SMILES string of the molecule is Cc1cccnc1NC(=O)c1cccc(O)c1. The van der Waals surface area contributed by atoms with E-state index in [2.05, 4.69) is 10.3 Å². The number of aromatic nitrogens is 1. The molecule has 0 fully saturated rings. The minimum atomic E-state index is -0.289. The van der Waals surface area contributed by atoms with Gasteiger partial charge in [0.25, 0.3) is 5.91 Å². The van der Waals surface area contributed by atoms with Gasteiger partial charge in [0, 0.05) is 11.8 Å². The second kappa shape index (κ2) is 4.65. The molecule has 0 aliphatic heterocycles. The number of amides is 1. The first-order valence-corrected chi connectivity index (χ1v) is 5.19. The number of nitrogens with zero attached hydrogens (tertiary/aromatic N) is 1. The first-order chi connectivity index (χ1) is 8.16. The molecule has 86 valence electrons. The Labute approximate surface area is 98.9 Å². The van der Waals surface area contributed by atoms with Gasteiger partial charge in [-0.2, -0.15) is 0 Å². The second-order valence-corrected chi connectivity index (χ2v) is 3.67. The maximum Gasteiger partial charge on any atom is 0.256 e. The molecule has 0 saturated carbocycles. The van der Waals surface area contributed by atoms with E-state index < -0.39 is 0 Å². The summed E-state index contributed by atoms with van der Waals surface area (Å²) in [6, 6.07) is 9.85. The van der Waals surface area contributed by atoms with E-state index in [1.807, 2.05) is 13.0 Å². The van der Waals surface area contributed by atoms with Crippen molar-refractivity contribution in [2.45, 2.75) is 6.92 Å². The van der Waals surface area contributed by atoms with Crippen LogP contribution < -0.4 is 5.32 Å². The van der Waals surface area contributed by atoms with Crippen LogP contribution in [0.15, 0.2) is 42.6 Å². The van der Waals surface area contributed by atoms with Crippen molar-refractivity contribution in [3.8, 4) is 5.75 Å². The van der Waals surface area contributed by atoms with Crippen LogP contribution >= 0.6 is 0 Å². The molecular weight excluding hydrogens is 216 g/mol. The zero-order chi connectivity index (χ0) is 12.3. The molecule has 1 amide bonds. The van der Waals surface area contributed by atoms with Gasteiger partial charge in [-0.1, -0.05) is 12.1 Å². The lowest BCUT2D eigenvalue weighted by atomic mass is 10.2. The Bertz CT molecular complexity index is 553. The molecule has 0 atom stereocenters. The zero-order valence-electron chi connectivity index (χ0n) is 9.34. The zero-order valence-corrected chi connectivity index (χ0v) is 9.34. The summed E-state index contributed by atoms with van der Waals surface area (Å²) in [6.45, 7) is 1.87. The summed E-state index contributed by atoms with van der Waals surface area (Å²) in [6.07, 6.45) is 1.62. The fraction of sp³-hybridized carbons (Fsp3) is 0.0769. The third-order valence-corrected chi connectivity index (χ3v) is 2.35. The van der Waals surface area contributed by atoms with Crippen LogP contribution in [-0.4, -0.2) is 16.0 Å². The van der Waals surface area contributed by atoms with Crippen LogP contribution in [-0.2, 0) is 0 Å². The fourth-order valence-electron chi connectivity index (χ4n) is 1.44. The highest BCUT2D eigenvalue weighted by Gasteiger charge is 2.08. The Hall–Kier alpha value is -2.36. The maximum absolute atomic E-state index is 11.9. The molecule has 0 unspecified atom stereocenters. The second-order valence-electron chi connectivity index (χ2n) is 3.67. The number of benzene rings is 1. The summed E-state index contributed by atoms with van der Waals surface area (Å²) in [5.41, 5.74) is 1.29. The van der Waals surface area contributed by atoms with Crippen molar-refractivity contribution in [3.05, 3.63) is 53.7 Å². The molecule has 0 aliphatic carbocycles. The number of nitrogens with one attached hydrogen (secondary N) is 1. The number of hydrogen-bond acceptors (Lipinski definition) is 3. The lowest BCUT2D eigenvalue weighted by Gasteiger charge is -2.06. The molecule has 1 aromatic carbocycles. The van der Waals surface area contributed by atoms with Gasteiger partial charge in [0.2, 0.25) is 0 Å². The van der Waals surface area contributed by atoms with E-state index in [4.69, 9.17) is 0 Å². The van der Waals surface area contributed by atoms with E-state index in [1.165, 1.54) is 12.1 Å². The van der Waals surface area contributed by atoms with Crippen LogP contribution in [0.3, 0.4) is 0 Å². The summed E-state index contributed by atoms with van der Waals surface area (Å²) in [5, 5.41) is 12.0. The molecule has 17 heavy (non-hydrogen) atoms. The van der Waals surface area contributed by atoms with Crippen molar-refractivity contribution in [3.63, 3.8) is 0 Å². The van der Waals surface area contributed by atoms with Crippen LogP contribution in [0.25, 0.3) is 0 Å². The fourth-order valence-corrected chi connectivity index (χ4v) is 1.44. The number of carbonyl (C=O) groups is 1. The molecule has 4 nitrogen and oxygen atoms in total. The maximum atomic E-state index is 11.9. The summed E-state index contributed by atoms with van der Waals surface area (Å²) in [7, 11) is 0. The Morgan fingerprint density at radius 1 is 1.29 bits per heavy atom. The van der Waals surface area contributed by atoms with Crippen LogP contribution in [0.5, 0.6) is 5.75 Å². The molecule has 4 heteroatoms. The smallest absolute Gasteiger partial charge is 0.256 e. The molecule has 2 rings (SSSR count). The van der Waals surface area contributed by atoms with E-state index in [-0.39, 0.29) is 11.7 Å². The molecule has 0 saturated heterocycles. The minimum absolute atomic E-state index is 0.0652. The largest absolute Gasteiger partial charge is 0.508 e. The predicted octanol–water partition coefficient (Wildman–Crippen LogP) is 2.35. The van der Waals surface area contributed by atoms with E-state index >= 15 is 0 Å². The van der Waals surface area contributed by atoms with Crippen LogP contribution in [0.2, 0.25) is 0 Å². The summed E-state index contributed by atoms with van der Waals surface area (Å²) in [5.74, 6) is 0.305. The average molecular weight is 228 g/mol.